The van der Waals surface area contributed by atoms with Crippen molar-refractivity contribution in [2.24, 2.45) is 17.2 Å². The number of phenolic OH excluding ortho intramolecular Hbond substituents is 2. The number of fused-ring (bicyclic) bond motifs is 5. The van der Waals surface area contributed by atoms with Gasteiger partial charge in [-0.3, -0.25) is 28.8 Å². The molecule has 2 aromatic rings. The van der Waals surface area contributed by atoms with Crippen LogP contribution < -0.4 is 38.5 Å². The summed E-state index contributed by atoms with van der Waals surface area (Å²) in [5.41, 5.74) is 18.2. The van der Waals surface area contributed by atoms with E-state index in [1.165, 1.54) is 43.4 Å². The van der Waals surface area contributed by atoms with E-state index >= 15 is 0 Å². The number of hydrogen-bond donors (Lipinski definition) is 9. The van der Waals surface area contributed by atoms with Crippen molar-refractivity contribution in [1.29, 1.82) is 0 Å². The quantitative estimate of drug-likeness (QED) is 0.102. The summed E-state index contributed by atoms with van der Waals surface area (Å²) in [6.45, 7) is 2.54. The molecule has 53 heavy (non-hydrogen) atoms. The molecule has 1 aliphatic heterocycles. The van der Waals surface area contributed by atoms with Crippen molar-refractivity contribution in [1.82, 2.24) is 26.2 Å². The van der Waals surface area contributed by atoms with Crippen LogP contribution in [0.4, 0.5) is 0 Å². The summed E-state index contributed by atoms with van der Waals surface area (Å²) in [4.78, 5) is 79.8. The fraction of sp³-hybridized carbons (Fsp3) is 0.514. The van der Waals surface area contributed by atoms with Gasteiger partial charge in [0.2, 0.25) is 29.5 Å². The number of amides is 6. The molecule has 1 heterocycles. The second kappa shape index (κ2) is 20.7. The van der Waals surface area contributed by atoms with Gasteiger partial charge in [0.05, 0.1) is 0 Å². The van der Waals surface area contributed by atoms with Gasteiger partial charge < -0.3 is 53.6 Å². The van der Waals surface area contributed by atoms with Crippen LogP contribution in [-0.4, -0.2) is 88.9 Å². The van der Waals surface area contributed by atoms with E-state index < -0.39 is 53.8 Å². The molecule has 290 valence electrons. The minimum atomic E-state index is -1.67. The fourth-order valence-corrected chi connectivity index (χ4v) is 6.12. The van der Waals surface area contributed by atoms with E-state index in [0.717, 1.165) is 37.0 Å². The van der Waals surface area contributed by atoms with Gasteiger partial charge in [-0.15, -0.1) is 0 Å². The van der Waals surface area contributed by atoms with Gasteiger partial charge in [0.1, 0.15) is 29.6 Å². The van der Waals surface area contributed by atoms with Crippen LogP contribution in [0.3, 0.4) is 0 Å². The highest BCUT2D eigenvalue weighted by Gasteiger charge is 2.35. The summed E-state index contributed by atoms with van der Waals surface area (Å²) in [5.74, 6) is -4.49. The second-order valence-corrected chi connectivity index (χ2v) is 13.3. The number of nitrogens with one attached hydrogen (secondary N) is 4. The lowest BCUT2D eigenvalue weighted by Crippen LogP contribution is -2.59. The zero-order chi connectivity index (χ0) is 39.1. The maximum atomic E-state index is 14.2. The van der Waals surface area contributed by atoms with Crippen LogP contribution in [0.25, 0.3) is 11.1 Å². The highest BCUT2D eigenvalue weighted by Crippen LogP contribution is 2.38. The monoisotopic (exact) mass is 738 g/mol. The smallest absolute Gasteiger partial charge is 0.258 e. The third-order valence-electron chi connectivity index (χ3n) is 9.11. The number of likely N-dealkylation sites (N-methyl/N-ethyl adjacent to an activating group) is 1. The zero-order valence-corrected chi connectivity index (χ0v) is 30.5. The van der Waals surface area contributed by atoms with Gasteiger partial charge in [-0.05, 0) is 67.6 Å². The predicted octanol–water partition coefficient (Wildman–Crippen LogP) is 0.672. The molecule has 4 bridgehead atoms. The molecular formula is C37H54N8O8. The maximum Gasteiger partial charge on any atom is 0.258 e. The van der Waals surface area contributed by atoms with Crippen LogP contribution in [0.15, 0.2) is 36.4 Å². The topological polar surface area (TPSA) is 272 Å². The van der Waals surface area contributed by atoms with Crippen LogP contribution in [0.2, 0.25) is 0 Å². The Hall–Kier alpha value is -5.22. The van der Waals surface area contributed by atoms with Crippen molar-refractivity contribution in [3.05, 3.63) is 47.5 Å². The molecule has 0 fully saturated rings. The van der Waals surface area contributed by atoms with Crippen molar-refractivity contribution in [2.75, 3.05) is 20.1 Å². The number of carbonyl (C=O) groups excluding carboxylic acids is 6. The maximum absolute atomic E-state index is 14.2. The lowest BCUT2D eigenvalue weighted by Gasteiger charge is -2.32. The lowest BCUT2D eigenvalue weighted by atomic mass is 9.93. The molecule has 0 unspecified atom stereocenters. The zero-order valence-electron chi connectivity index (χ0n) is 30.5. The largest absolute Gasteiger partial charge is 0.507 e. The first-order valence-corrected chi connectivity index (χ1v) is 18.1. The molecule has 0 saturated heterocycles. The summed E-state index contributed by atoms with van der Waals surface area (Å²) in [5, 5.41) is 32.0. The number of nitrogens with zero attached hydrogens (tertiary/aromatic N) is 1. The van der Waals surface area contributed by atoms with E-state index in [-0.39, 0.29) is 59.9 Å². The Morgan fingerprint density at radius 3 is 2.25 bits per heavy atom. The molecule has 4 atom stereocenters. The SMILES string of the molecule is CCCCCCCC(=O)NCCC(=O)N[C@@H](CCCCN)C(=O)N(C)[C@@H]1C(=O)N[C@@H](N)C(=O)N[C@H](C(N)=O)Cc2ccc(O)c(c2)-c2cc1ccc2O. The number of phenols is 2. The van der Waals surface area contributed by atoms with Crippen molar-refractivity contribution in [3.8, 4) is 22.6 Å². The summed E-state index contributed by atoms with van der Waals surface area (Å²) in [6, 6.07) is 4.68. The molecule has 6 amide bonds. The molecule has 3 rings (SSSR count). The Morgan fingerprint density at radius 1 is 0.887 bits per heavy atom. The number of unbranched alkanes of at least 4 members (excludes halogenated alkanes) is 5. The number of primary amides is 1. The van der Waals surface area contributed by atoms with Gasteiger partial charge in [0.25, 0.3) is 5.91 Å². The second-order valence-electron chi connectivity index (χ2n) is 13.3. The Labute approximate surface area is 309 Å². The first-order valence-electron chi connectivity index (χ1n) is 18.1. The molecular weight excluding hydrogens is 684 g/mol. The first-order chi connectivity index (χ1) is 25.3. The third kappa shape index (κ3) is 12.5. The lowest BCUT2D eigenvalue weighted by molar-refractivity contribution is -0.143. The van der Waals surface area contributed by atoms with Crippen molar-refractivity contribution < 1.29 is 39.0 Å². The number of nitrogens with two attached hydrogens (primary N) is 3. The van der Waals surface area contributed by atoms with Crippen LogP contribution in [-0.2, 0) is 35.2 Å². The minimum Gasteiger partial charge on any atom is -0.507 e. The fourth-order valence-electron chi connectivity index (χ4n) is 6.12. The molecule has 0 saturated carbocycles. The minimum absolute atomic E-state index is 0.0745. The van der Waals surface area contributed by atoms with Gasteiger partial charge in [0, 0.05) is 44.0 Å². The number of hydrogen-bond acceptors (Lipinski definition) is 10. The molecule has 0 spiro atoms. The summed E-state index contributed by atoms with van der Waals surface area (Å²) in [6.07, 6.45) is 4.73. The average molecular weight is 739 g/mol. The van der Waals surface area contributed by atoms with Crippen LogP contribution >= 0.6 is 0 Å². The molecule has 0 aromatic heterocycles. The number of aromatic hydroxyl groups is 2. The molecule has 16 nitrogen and oxygen atoms in total. The molecule has 0 aliphatic carbocycles. The highest BCUT2D eigenvalue weighted by molar-refractivity contribution is 5.96. The van der Waals surface area contributed by atoms with Crippen LogP contribution in [0, 0.1) is 0 Å². The van der Waals surface area contributed by atoms with E-state index in [1.54, 1.807) is 0 Å². The molecule has 12 N–H and O–H groups in total. The van der Waals surface area contributed by atoms with Crippen molar-refractivity contribution in [2.45, 2.75) is 102 Å². The number of rotatable bonds is 17. The Kier molecular flexibility index (Phi) is 16.5. The van der Waals surface area contributed by atoms with E-state index in [9.17, 15) is 39.0 Å². The molecule has 2 aromatic carbocycles. The van der Waals surface area contributed by atoms with Gasteiger partial charge >= 0.3 is 0 Å². The van der Waals surface area contributed by atoms with Gasteiger partial charge in [-0.25, -0.2) is 0 Å². The number of carbonyl (C=O) groups is 6. The summed E-state index contributed by atoms with van der Waals surface area (Å²) in [7, 11) is 1.35. The molecule has 1 aliphatic rings. The Morgan fingerprint density at radius 2 is 1.57 bits per heavy atom. The van der Waals surface area contributed by atoms with E-state index in [0.29, 0.717) is 31.4 Å². The average Bonchev–Trinajstić information content (AvgIpc) is 3.11. The van der Waals surface area contributed by atoms with Gasteiger partial charge in [-0.2, -0.15) is 0 Å². The van der Waals surface area contributed by atoms with E-state index in [4.69, 9.17) is 17.2 Å². The van der Waals surface area contributed by atoms with Crippen molar-refractivity contribution >= 4 is 35.4 Å². The Balaban J connectivity index is 1.92. The third-order valence-corrected chi connectivity index (χ3v) is 9.11. The van der Waals surface area contributed by atoms with Gasteiger partial charge in [-0.1, -0.05) is 44.7 Å². The number of benzene rings is 2. The normalized spacial score (nSPS) is 17.8. The van der Waals surface area contributed by atoms with Crippen LogP contribution in [0.1, 0.15) is 88.3 Å². The van der Waals surface area contributed by atoms with Gasteiger partial charge in [0.15, 0.2) is 6.17 Å². The highest BCUT2D eigenvalue weighted by atomic mass is 16.3. The standard InChI is InChI=1S/C37H54N8O8/c1-3-4-5-6-7-11-30(48)41-18-16-31(49)42-26(10-8-9-17-38)37(53)45(2)32-23-13-15-29(47)25(21-23)24-19-22(12-14-28(24)46)20-27(34(40)50)43-36(52)33(39)44-35(32)51/h12-15,19,21,26-27,32-33,46-47H,3-11,16-18,20,38-39H2,1-2H3,(H2,40,50)(H,41,48)(H,42,49)(H,43,52)(H,44,51)/t26-,27-,32-,33+/m0/s1. The van der Waals surface area contributed by atoms with E-state index in [1.807, 2.05) is 0 Å². The summed E-state index contributed by atoms with van der Waals surface area (Å²) >= 11 is 0. The van der Waals surface area contributed by atoms with Crippen molar-refractivity contribution in [3.63, 3.8) is 0 Å². The molecule has 0 radical (unpaired) electrons. The molecule has 16 heteroatoms. The Bertz CT molecular complexity index is 1620. The van der Waals surface area contributed by atoms with E-state index in [2.05, 4.69) is 28.2 Å². The predicted molar refractivity (Wildman–Crippen MR) is 198 cm³/mol. The van der Waals surface area contributed by atoms with Crippen LogP contribution in [0.5, 0.6) is 11.5 Å². The first kappa shape index (κ1) is 42.2. The summed E-state index contributed by atoms with van der Waals surface area (Å²) < 4.78 is 0.